The Morgan fingerprint density at radius 3 is 2.58 bits per heavy atom. The molecule has 1 aliphatic carbocycles. The van der Waals surface area contributed by atoms with Crippen LogP contribution < -0.4 is 0 Å². The molecule has 112 valence electrons. The summed E-state index contributed by atoms with van der Waals surface area (Å²) in [6, 6.07) is 0. The maximum atomic E-state index is 11.7. The van der Waals surface area contributed by atoms with Gasteiger partial charge in [-0.3, -0.25) is 0 Å². The summed E-state index contributed by atoms with van der Waals surface area (Å²) in [5.74, 6) is 1.30. The summed E-state index contributed by atoms with van der Waals surface area (Å²) < 4.78 is 25.0. The van der Waals surface area contributed by atoms with Gasteiger partial charge in [-0.25, -0.2) is 12.7 Å². The van der Waals surface area contributed by atoms with Crippen molar-refractivity contribution in [1.82, 2.24) is 4.31 Å². The number of hydrogen-bond donors (Lipinski definition) is 0. The third-order valence-corrected chi connectivity index (χ3v) is 7.13. The lowest BCUT2D eigenvalue weighted by molar-refractivity contribution is 0.225. The fourth-order valence-corrected chi connectivity index (χ4v) is 5.30. The number of nitrogens with zero attached hydrogens (tertiary/aromatic N) is 1. The van der Waals surface area contributed by atoms with Crippen LogP contribution in [0.3, 0.4) is 0 Å². The van der Waals surface area contributed by atoms with E-state index in [-0.39, 0.29) is 0 Å². The molecule has 0 aromatic rings. The van der Waals surface area contributed by atoms with Crippen LogP contribution in [0, 0.1) is 11.8 Å². The second-order valence-corrected chi connectivity index (χ2v) is 9.44. The maximum absolute atomic E-state index is 11.7. The smallest absolute Gasteiger partial charge is 0.211 e. The van der Waals surface area contributed by atoms with Crippen molar-refractivity contribution in [3.8, 4) is 0 Å². The van der Waals surface area contributed by atoms with E-state index in [9.17, 15) is 8.42 Å². The van der Waals surface area contributed by atoms with E-state index in [1.807, 2.05) is 0 Å². The fraction of sp³-hybridized carbons (Fsp3) is 1.00. The topological polar surface area (TPSA) is 37.4 Å². The fourth-order valence-electron chi connectivity index (χ4n) is 3.55. The SMILES string of the molecule is CS(=O)(=O)N1CCCC(CC2CCCCCC2Br)C1. The third-order valence-electron chi connectivity index (χ3n) is 4.65. The van der Waals surface area contributed by atoms with E-state index < -0.39 is 10.0 Å². The molecule has 0 bridgehead atoms. The Balaban J connectivity index is 1.91. The standard InChI is InChI=1S/C14H26BrNO2S/c1-19(17,18)16-9-5-6-12(11-16)10-13-7-3-2-4-8-14(13)15/h12-14H,2-11H2,1H3. The van der Waals surface area contributed by atoms with Gasteiger partial charge in [0, 0.05) is 17.9 Å². The van der Waals surface area contributed by atoms with Crippen LogP contribution in [0.1, 0.15) is 51.4 Å². The van der Waals surface area contributed by atoms with Crippen LogP contribution in [-0.2, 0) is 10.0 Å². The highest BCUT2D eigenvalue weighted by molar-refractivity contribution is 9.09. The van der Waals surface area contributed by atoms with E-state index in [4.69, 9.17) is 0 Å². The van der Waals surface area contributed by atoms with Crippen LogP contribution in [0.5, 0.6) is 0 Å². The summed E-state index contributed by atoms with van der Waals surface area (Å²) in [5, 5.41) is 0. The van der Waals surface area contributed by atoms with Crippen molar-refractivity contribution in [1.29, 1.82) is 0 Å². The Kier molecular flexibility index (Phi) is 5.73. The highest BCUT2D eigenvalue weighted by Gasteiger charge is 2.30. The Labute approximate surface area is 126 Å². The number of piperidine rings is 1. The zero-order valence-corrected chi connectivity index (χ0v) is 14.3. The van der Waals surface area contributed by atoms with Crippen LogP contribution in [0.25, 0.3) is 0 Å². The monoisotopic (exact) mass is 351 g/mol. The molecule has 0 amide bonds. The number of hydrogen-bond acceptors (Lipinski definition) is 2. The minimum absolute atomic E-state index is 0.562. The van der Waals surface area contributed by atoms with Crippen molar-refractivity contribution >= 4 is 26.0 Å². The molecule has 3 atom stereocenters. The summed E-state index contributed by atoms with van der Waals surface area (Å²) in [6.45, 7) is 1.47. The Morgan fingerprint density at radius 2 is 1.84 bits per heavy atom. The average Bonchev–Trinajstić information content (AvgIpc) is 2.54. The summed E-state index contributed by atoms with van der Waals surface area (Å²) in [4.78, 5) is 0.642. The van der Waals surface area contributed by atoms with Gasteiger partial charge in [0.2, 0.25) is 10.0 Å². The molecule has 0 N–H and O–H groups in total. The Bertz CT molecular complexity index is 385. The Morgan fingerprint density at radius 1 is 1.11 bits per heavy atom. The number of rotatable bonds is 3. The van der Waals surface area contributed by atoms with Gasteiger partial charge in [-0.15, -0.1) is 0 Å². The predicted octanol–water partition coefficient (Wildman–Crippen LogP) is 3.39. The van der Waals surface area contributed by atoms with Crippen LogP contribution in [0.4, 0.5) is 0 Å². The zero-order chi connectivity index (χ0) is 13.9. The van der Waals surface area contributed by atoms with E-state index in [1.54, 1.807) is 4.31 Å². The molecular weight excluding hydrogens is 326 g/mol. The molecule has 1 saturated carbocycles. The van der Waals surface area contributed by atoms with Crippen molar-refractivity contribution in [2.45, 2.75) is 56.2 Å². The highest BCUT2D eigenvalue weighted by Crippen LogP contribution is 2.35. The van der Waals surface area contributed by atoms with Crippen LogP contribution in [0.15, 0.2) is 0 Å². The first-order chi connectivity index (χ1) is 8.97. The van der Waals surface area contributed by atoms with Crippen molar-refractivity contribution in [3.05, 3.63) is 0 Å². The van der Waals surface area contributed by atoms with Gasteiger partial charge in [0.15, 0.2) is 0 Å². The quantitative estimate of drug-likeness (QED) is 0.577. The molecule has 0 aromatic carbocycles. The molecule has 0 radical (unpaired) electrons. The first-order valence-electron chi connectivity index (χ1n) is 7.56. The lowest BCUT2D eigenvalue weighted by atomic mass is 9.85. The maximum Gasteiger partial charge on any atom is 0.211 e. The van der Waals surface area contributed by atoms with E-state index in [2.05, 4.69) is 15.9 Å². The Hall–Kier alpha value is 0.390. The first-order valence-corrected chi connectivity index (χ1v) is 10.3. The highest BCUT2D eigenvalue weighted by atomic mass is 79.9. The molecule has 1 saturated heterocycles. The average molecular weight is 352 g/mol. The number of alkyl halides is 1. The molecule has 3 unspecified atom stereocenters. The minimum atomic E-state index is -3.00. The van der Waals surface area contributed by atoms with Gasteiger partial charge < -0.3 is 0 Å². The molecule has 1 heterocycles. The first kappa shape index (κ1) is 15.8. The molecule has 2 rings (SSSR count). The molecule has 1 aliphatic heterocycles. The van der Waals surface area contributed by atoms with E-state index in [0.717, 1.165) is 25.4 Å². The molecular formula is C14H26BrNO2S. The second kappa shape index (κ2) is 6.90. The van der Waals surface area contributed by atoms with Crippen LogP contribution in [0.2, 0.25) is 0 Å². The van der Waals surface area contributed by atoms with E-state index in [1.165, 1.54) is 51.2 Å². The normalized spacial score (nSPS) is 34.9. The predicted molar refractivity (Wildman–Crippen MR) is 83.0 cm³/mol. The molecule has 2 aliphatic rings. The second-order valence-electron chi connectivity index (χ2n) is 6.28. The van der Waals surface area contributed by atoms with Gasteiger partial charge in [0.25, 0.3) is 0 Å². The minimum Gasteiger partial charge on any atom is -0.213 e. The zero-order valence-electron chi connectivity index (χ0n) is 11.9. The van der Waals surface area contributed by atoms with E-state index >= 15 is 0 Å². The van der Waals surface area contributed by atoms with Gasteiger partial charge >= 0.3 is 0 Å². The van der Waals surface area contributed by atoms with Crippen molar-refractivity contribution < 1.29 is 8.42 Å². The molecule has 2 fully saturated rings. The molecule has 19 heavy (non-hydrogen) atoms. The summed E-state index contributed by atoms with van der Waals surface area (Å²) in [5.41, 5.74) is 0. The van der Waals surface area contributed by atoms with Gasteiger partial charge in [-0.2, -0.15) is 0 Å². The third kappa shape index (κ3) is 4.71. The van der Waals surface area contributed by atoms with E-state index in [0.29, 0.717) is 10.7 Å². The lowest BCUT2D eigenvalue weighted by Gasteiger charge is -2.33. The molecule has 3 nitrogen and oxygen atoms in total. The summed E-state index contributed by atoms with van der Waals surface area (Å²) in [7, 11) is -3.00. The van der Waals surface area contributed by atoms with Gasteiger partial charge in [-0.05, 0) is 43.9 Å². The largest absolute Gasteiger partial charge is 0.213 e. The molecule has 5 heteroatoms. The van der Waals surface area contributed by atoms with Crippen LogP contribution in [-0.4, -0.2) is 36.9 Å². The number of halogens is 1. The van der Waals surface area contributed by atoms with Crippen LogP contribution >= 0.6 is 15.9 Å². The van der Waals surface area contributed by atoms with Gasteiger partial charge in [0.1, 0.15) is 0 Å². The molecule has 0 spiro atoms. The summed E-state index contributed by atoms with van der Waals surface area (Å²) in [6.07, 6.45) is 11.4. The number of sulfonamides is 1. The van der Waals surface area contributed by atoms with Crippen molar-refractivity contribution in [3.63, 3.8) is 0 Å². The van der Waals surface area contributed by atoms with Crippen molar-refractivity contribution in [2.75, 3.05) is 19.3 Å². The lowest BCUT2D eigenvalue weighted by Crippen LogP contribution is -2.40. The molecule has 0 aromatic heterocycles. The summed E-state index contributed by atoms with van der Waals surface area (Å²) >= 11 is 3.85. The van der Waals surface area contributed by atoms with Crippen molar-refractivity contribution in [2.24, 2.45) is 11.8 Å². The van der Waals surface area contributed by atoms with Gasteiger partial charge in [-0.1, -0.05) is 35.2 Å². The van der Waals surface area contributed by atoms with Gasteiger partial charge in [0.05, 0.1) is 6.26 Å².